The molecule has 0 amide bonds. The van der Waals surface area contributed by atoms with Gasteiger partial charge in [0.1, 0.15) is 6.33 Å². The minimum absolute atomic E-state index is 0.00142. The number of anilines is 1. The standard InChI is InChI=1S/C19H14ClN7O2/c1-12-17-18(24-23-10-13-3-2-4-16(9-13)27(28)29)21-11-22-19(17)26(25-12)15-7-5-14(20)6-8-15/h2-11H,1H3,(H,21,22,24)/b23-10+. The lowest BCUT2D eigenvalue weighted by Crippen LogP contribution is -1.99. The smallest absolute Gasteiger partial charge is 0.261 e. The second-order valence-corrected chi connectivity index (χ2v) is 6.55. The number of aryl methyl sites for hydroxylation is 1. The molecule has 0 spiro atoms. The Morgan fingerprint density at radius 1 is 1.21 bits per heavy atom. The van der Waals surface area contributed by atoms with E-state index in [1.165, 1.54) is 24.7 Å². The molecule has 4 aromatic rings. The lowest BCUT2D eigenvalue weighted by molar-refractivity contribution is -0.384. The summed E-state index contributed by atoms with van der Waals surface area (Å²) in [7, 11) is 0. The zero-order valence-corrected chi connectivity index (χ0v) is 15.9. The van der Waals surface area contributed by atoms with E-state index in [0.717, 1.165) is 16.8 Å². The van der Waals surface area contributed by atoms with Gasteiger partial charge in [-0.3, -0.25) is 15.5 Å². The lowest BCUT2D eigenvalue weighted by atomic mass is 10.2. The molecule has 2 aromatic carbocycles. The molecule has 144 valence electrons. The van der Waals surface area contributed by atoms with Gasteiger partial charge in [-0.15, -0.1) is 0 Å². The largest absolute Gasteiger partial charge is 0.270 e. The molecule has 2 aromatic heterocycles. The number of nitro groups is 1. The van der Waals surface area contributed by atoms with Crippen LogP contribution in [0.5, 0.6) is 0 Å². The quantitative estimate of drug-likeness (QED) is 0.302. The van der Waals surface area contributed by atoms with Crippen molar-refractivity contribution in [3.63, 3.8) is 0 Å². The fraction of sp³-hybridized carbons (Fsp3) is 0.0526. The van der Waals surface area contributed by atoms with Crippen LogP contribution in [0, 0.1) is 17.0 Å². The van der Waals surface area contributed by atoms with Gasteiger partial charge in [-0.1, -0.05) is 23.7 Å². The third-order valence-corrected chi connectivity index (χ3v) is 4.43. The Kier molecular flexibility index (Phi) is 4.88. The molecule has 9 nitrogen and oxygen atoms in total. The summed E-state index contributed by atoms with van der Waals surface area (Å²) >= 11 is 5.96. The topological polar surface area (TPSA) is 111 Å². The van der Waals surface area contributed by atoms with Crippen LogP contribution < -0.4 is 5.43 Å². The molecule has 2 heterocycles. The third kappa shape index (κ3) is 3.76. The van der Waals surface area contributed by atoms with Gasteiger partial charge in [-0.05, 0) is 31.2 Å². The molecule has 0 fully saturated rings. The molecule has 0 saturated heterocycles. The number of fused-ring (bicyclic) bond motifs is 1. The molecule has 0 atom stereocenters. The van der Waals surface area contributed by atoms with E-state index in [4.69, 9.17) is 11.6 Å². The summed E-state index contributed by atoms with van der Waals surface area (Å²) in [5.74, 6) is 0.481. The van der Waals surface area contributed by atoms with Crippen LogP contribution in [-0.4, -0.2) is 30.9 Å². The molecule has 4 rings (SSSR count). The number of non-ortho nitro benzene ring substituents is 1. The van der Waals surface area contributed by atoms with Crippen molar-refractivity contribution < 1.29 is 4.92 Å². The van der Waals surface area contributed by atoms with Crippen molar-refractivity contribution in [2.45, 2.75) is 6.92 Å². The van der Waals surface area contributed by atoms with Gasteiger partial charge in [0.05, 0.1) is 27.9 Å². The van der Waals surface area contributed by atoms with Gasteiger partial charge < -0.3 is 0 Å². The van der Waals surface area contributed by atoms with Crippen molar-refractivity contribution in [2.75, 3.05) is 5.43 Å². The summed E-state index contributed by atoms with van der Waals surface area (Å²) in [5, 5.41) is 20.9. The summed E-state index contributed by atoms with van der Waals surface area (Å²) in [6, 6.07) is 13.4. The molecule has 0 aliphatic heterocycles. The van der Waals surface area contributed by atoms with E-state index in [-0.39, 0.29) is 5.69 Å². The van der Waals surface area contributed by atoms with Crippen molar-refractivity contribution in [3.8, 4) is 5.69 Å². The van der Waals surface area contributed by atoms with E-state index in [1.807, 2.05) is 19.1 Å². The first-order valence-electron chi connectivity index (χ1n) is 8.53. The fourth-order valence-electron chi connectivity index (χ4n) is 2.85. The molecular formula is C19H14ClN7O2. The van der Waals surface area contributed by atoms with Crippen molar-refractivity contribution >= 4 is 40.4 Å². The maximum Gasteiger partial charge on any atom is 0.270 e. The Bertz CT molecular complexity index is 1240. The van der Waals surface area contributed by atoms with Crippen molar-refractivity contribution in [2.24, 2.45) is 5.10 Å². The Balaban J connectivity index is 1.66. The summed E-state index contributed by atoms with van der Waals surface area (Å²) in [4.78, 5) is 19.0. The maximum absolute atomic E-state index is 10.9. The molecule has 0 unspecified atom stereocenters. The first-order chi connectivity index (χ1) is 14.0. The van der Waals surface area contributed by atoms with Gasteiger partial charge in [0.15, 0.2) is 11.5 Å². The highest BCUT2D eigenvalue weighted by Gasteiger charge is 2.15. The third-order valence-electron chi connectivity index (χ3n) is 4.18. The van der Waals surface area contributed by atoms with E-state index >= 15 is 0 Å². The van der Waals surface area contributed by atoms with Crippen LogP contribution >= 0.6 is 11.6 Å². The molecule has 0 saturated carbocycles. The normalized spacial score (nSPS) is 11.2. The summed E-state index contributed by atoms with van der Waals surface area (Å²) in [6.07, 6.45) is 2.90. The van der Waals surface area contributed by atoms with E-state index < -0.39 is 4.92 Å². The van der Waals surface area contributed by atoms with Crippen LogP contribution in [-0.2, 0) is 0 Å². The number of nitrogens with one attached hydrogen (secondary N) is 1. The molecule has 1 N–H and O–H groups in total. The van der Waals surface area contributed by atoms with E-state index in [9.17, 15) is 10.1 Å². The van der Waals surface area contributed by atoms with Crippen molar-refractivity contribution in [3.05, 3.63) is 81.3 Å². The molecular weight excluding hydrogens is 394 g/mol. The Labute approximate surface area is 169 Å². The number of hydrogen-bond donors (Lipinski definition) is 1. The van der Waals surface area contributed by atoms with Crippen LogP contribution in [0.25, 0.3) is 16.7 Å². The first kappa shape index (κ1) is 18.5. The monoisotopic (exact) mass is 407 g/mol. The molecule has 0 bridgehead atoms. The number of hydrazone groups is 1. The van der Waals surface area contributed by atoms with Gasteiger partial charge in [0.25, 0.3) is 5.69 Å². The Hall–Kier alpha value is -3.85. The zero-order chi connectivity index (χ0) is 20.4. The van der Waals surface area contributed by atoms with Gasteiger partial charge in [0, 0.05) is 22.7 Å². The molecule has 0 aliphatic carbocycles. The zero-order valence-electron chi connectivity index (χ0n) is 15.2. The van der Waals surface area contributed by atoms with E-state index in [1.54, 1.807) is 28.9 Å². The molecule has 0 radical (unpaired) electrons. The van der Waals surface area contributed by atoms with Gasteiger partial charge in [0.2, 0.25) is 0 Å². The number of hydrogen-bond acceptors (Lipinski definition) is 7. The lowest BCUT2D eigenvalue weighted by Gasteiger charge is -2.04. The van der Waals surface area contributed by atoms with Crippen molar-refractivity contribution in [1.29, 1.82) is 0 Å². The number of nitrogens with zero attached hydrogens (tertiary/aromatic N) is 6. The second-order valence-electron chi connectivity index (χ2n) is 6.12. The van der Waals surface area contributed by atoms with Crippen LogP contribution in [0.2, 0.25) is 5.02 Å². The van der Waals surface area contributed by atoms with E-state index in [0.29, 0.717) is 22.1 Å². The minimum atomic E-state index is -0.451. The number of benzene rings is 2. The van der Waals surface area contributed by atoms with Gasteiger partial charge >= 0.3 is 0 Å². The predicted octanol–water partition coefficient (Wildman–Crippen LogP) is 4.13. The Morgan fingerprint density at radius 3 is 2.76 bits per heavy atom. The van der Waals surface area contributed by atoms with E-state index in [2.05, 4.69) is 25.6 Å². The average Bonchev–Trinajstić information content (AvgIpc) is 3.06. The van der Waals surface area contributed by atoms with Crippen LogP contribution in [0.15, 0.2) is 60.0 Å². The highest BCUT2D eigenvalue weighted by atomic mass is 35.5. The summed E-state index contributed by atoms with van der Waals surface area (Å²) < 4.78 is 1.71. The fourth-order valence-corrected chi connectivity index (χ4v) is 2.98. The molecule has 0 aliphatic rings. The number of rotatable bonds is 5. The first-order valence-corrected chi connectivity index (χ1v) is 8.90. The summed E-state index contributed by atoms with van der Waals surface area (Å²) in [6.45, 7) is 1.85. The average molecular weight is 408 g/mol. The Morgan fingerprint density at radius 2 is 2.00 bits per heavy atom. The number of nitro benzene ring substituents is 1. The second kappa shape index (κ2) is 7.64. The van der Waals surface area contributed by atoms with Gasteiger partial charge in [-0.2, -0.15) is 10.2 Å². The summed E-state index contributed by atoms with van der Waals surface area (Å²) in [5.41, 5.74) is 5.62. The highest BCUT2D eigenvalue weighted by molar-refractivity contribution is 6.30. The predicted molar refractivity (Wildman–Crippen MR) is 111 cm³/mol. The van der Waals surface area contributed by atoms with Crippen LogP contribution in [0.1, 0.15) is 11.3 Å². The minimum Gasteiger partial charge on any atom is -0.261 e. The molecule has 10 heteroatoms. The van der Waals surface area contributed by atoms with Crippen molar-refractivity contribution in [1.82, 2.24) is 19.7 Å². The number of halogens is 1. The van der Waals surface area contributed by atoms with Crippen LogP contribution in [0.3, 0.4) is 0 Å². The maximum atomic E-state index is 10.9. The van der Waals surface area contributed by atoms with Crippen LogP contribution in [0.4, 0.5) is 11.5 Å². The SMILES string of the molecule is Cc1nn(-c2ccc(Cl)cc2)c2ncnc(N/N=C/c3cccc([N+](=O)[O-])c3)c12. The highest BCUT2D eigenvalue weighted by Crippen LogP contribution is 2.25. The van der Waals surface area contributed by atoms with Gasteiger partial charge in [-0.25, -0.2) is 14.6 Å². The molecule has 29 heavy (non-hydrogen) atoms. The number of aromatic nitrogens is 4.